The Morgan fingerprint density at radius 3 is 0.641 bits per heavy atom. The molecule has 0 N–H and O–H groups in total. The molecule has 128 heavy (non-hydrogen) atoms. The fourth-order valence-electron chi connectivity index (χ4n) is 16.6. The van der Waals surface area contributed by atoms with Gasteiger partial charge in [0.1, 0.15) is 5.75 Å². The number of unbranched alkanes of at least 4 members (excludes halogenated alkanes) is 36. The van der Waals surface area contributed by atoms with Crippen molar-refractivity contribution in [3.8, 4) is 57.5 Å². The van der Waals surface area contributed by atoms with E-state index < -0.39 is 0 Å². The van der Waals surface area contributed by atoms with Crippen molar-refractivity contribution in [3.05, 3.63) is 154 Å². The molecule has 0 unspecified atom stereocenters. The topological polar surface area (TPSA) is 168 Å². The molecule has 0 amide bonds. The molecule has 0 saturated carbocycles. The first kappa shape index (κ1) is 103. The van der Waals surface area contributed by atoms with Crippen molar-refractivity contribution < 1.29 is 56.9 Å². The molecule has 0 atom stereocenters. The molecule has 0 fully saturated rings. The number of ether oxygens (including phenoxy) is 11. The SMILES string of the molecule is CCCCCCOc1cc(C2=C3C=CC(=N3)C(c3cc(OCCCCCC)c(OCCCCCC)c(OCCCCCC)c3)=C3C=CC(=N3)C(c3cc(OCCCCCC)c(OCCCCCC)c(OCCCCCC)c3)=C3C=CC(=N3)C(c3ccc(OCCCCCCCCCCCCOC(C)=O)cc3)=C3C=CC2=N3)cc(OCCCCCC)c1OCCCCCC. The summed E-state index contributed by atoms with van der Waals surface area (Å²) in [6.07, 6.45) is 66.4. The molecule has 0 spiro atoms. The van der Waals surface area contributed by atoms with Gasteiger partial charge in [0.2, 0.25) is 17.2 Å². The molecule has 0 aliphatic carbocycles. The van der Waals surface area contributed by atoms with Crippen LogP contribution in [0.2, 0.25) is 0 Å². The van der Waals surface area contributed by atoms with Gasteiger partial charge in [-0.3, -0.25) is 4.79 Å². The number of allylic oxidation sites excluding steroid dienone is 12. The molecule has 0 aromatic heterocycles. The number of aliphatic imine (C=N–C) groups is 4. The van der Waals surface area contributed by atoms with Crippen LogP contribution in [0, 0.1) is 0 Å². The molecule has 5 heterocycles. The van der Waals surface area contributed by atoms with E-state index in [2.05, 4.69) is 172 Å². The van der Waals surface area contributed by atoms with E-state index in [9.17, 15) is 4.79 Å². The van der Waals surface area contributed by atoms with Crippen molar-refractivity contribution in [2.24, 2.45) is 20.0 Å². The summed E-state index contributed by atoms with van der Waals surface area (Å²) in [4.78, 5) is 34.9. The Bertz CT molecular complexity index is 4170. The number of fused-ring (bicyclic) bond motifs is 4. The van der Waals surface area contributed by atoms with Crippen LogP contribution in [0.25, 0.3) is 22.3 Å². The van der Waals surface area contributed by atoms with Gasteiger partial charge in [0.05, 0.1) is 118 Å². The Hall–Kier alpha value is -9.05. The Morgan fingerprint density at radius 2 is 0.414 bits per heavy atom. The normalized spacial score (nSPS) is 13.9. The van der Waals surface area contributed by atoms with Crippen molar-refractivity contribution in [3.63, 3.8) is 0 Å². The van der Waals surface area contributed by atoms with Gasteiger partial charge in [0.25, 0.3) is 0 Å². The van der Waals surface area contributed by atoms with Crippen LogP contribution in [0.15, 0.2) is 152 Å². The summed E-state index contributed by atoms with van der Waals surface area (Å²) in [6.45, 7) is 27.6. The van der Waals surface area contributed by atoms with Gasteiger partial charge in [-0.2, -0.15) is 0 Å². The predicted octanol–water partition coefficient (Wildman–Crippen LogP) is 31.2. The van der Waals surface area contributed by atoms with Gasteiger partial charge < -0.3 is 52.1 Å². The molecular formula is C112H162N4O12. The van der Waals surface area contributed by atoms with Crippen molar-refractivity contribution in [2.45, 2.75) is 365 Å². The zero-order valence-corrected chi connectivity index (χ0v) is 80.9. The van der Waals surface area contributed by atoms with Crippen LogP contribution >= 0.6 is 0 Å². The lowest BCUT2D eigenvalue weighted by atomic mass is 9.97. The number of benzene rings is 4. The number of nitrogens with zero attached hydrogens (tertiary/aromatic N) is 4. The molecule has 0 saturated heterocycles. The summed E-state index contributed by atoms with van der Waals surface area (Å²) < 4.78 is 75.1. The van der Waals surface area contributed by atoms with E-state index in [4.69, 9.17) is 72.1 Å². The third-order valence-corrected chi connectivity index (χ3v) is 24.1. The summed E-state index contributed by atoms with van der Waals surface area (Å²) in [5.74, 6) is 6.32. The van der Waals surface area contributed by atoms with Crippen LogP contribution < -0.4 is 47.4 Å². The van der Waals surface area contributed by atoms with Crippen molar-refractivity contribution in [1.29, 1.82) is 0 Å². The molecule has 16 heteroatoms. The summed E-state index contributed by atoms with van der Waals surface area (Å²) in [6, 6.07) is 21.4. The van der Waals surface area contributed by atoms with Crippen molar-refractivity contribution >= 4 is 51.1 Å². The molecule has 5 aliphatic rings. The van der Waals surface area contributed by atoms with Crippen LogP contribution in [0.3, 0.4) is 0 Å². The molecule has 9 rings (SSSR count). The smallest absolute Gasteiger partial charge is 0.302 e. The van der Waals surface area contributed by atoms with Crippen molar-refractivity contribution in [2.75, 3.05) is 72.7 Å². The molecule has 0 radical (unpaired) electrons. The van der Waals surface area contributed by atoms with Crippen molar-refractivity contribution in [1.82, 2.24) is 0 Å². The lowest BCUT2D eigenvalue weighted by Gasteiger charge is -2.21. The molecule has 8 bridgehead atoms. The number of carbonyl (C=O) groups excluding carboxylic acids is 1. The minimum absolute atomic E-state index is 0.197. The van der Waals surface area contributed by atoms with Gasteiger partial charge in [-0.15, -0.1) is 0 Å². The number of hydrogen-bond acceptors (Lipinski definition) is 16. The minimum atomic E-state index is -0.197. The third kappa shape index (κ3) is 34.7. The van der Waals surface area contributed by atoms with E-state index in [0.717, 1.165) is 319 Å². The first-order valence-corrected chi connectivity index (χ1v) is 51.2. The first-order chi connectivity index (χ1) is 63.1. The zero-order chi connectivity index (χ0) is 90.2. The molecule has 16 nitrogen and oxygen atoms in total. The zero-order valence-electron chi connectivity index (χ0n) is 80.9. The number of hydrogen-bond donors (Lipinski definition) is 0. The van der Waals surface area contributed by atoms with Gasteiger partial charge in [0, 0.05) is 29.2 Å². The summed E-state index contributed by atoms with van der Waals surface area (Å²) >= 11 is 0. The lowest BCUT2D eigenvalue weighted by Crippen LogP contribution is -2.09. The monoisotopic (exact) mass is 1760 g/mol. The summed E-state index contributed by atoms with van der Waals surface area (Å²) in [5, 5.41) is 0. The van der Waals surface area contributed by atoms with E-state index >= 15 is 0 Å². The Balaban J connectivity index is 1.31. The van der Waals surface area contributed by atoms with Crippen LogP contribution in [-0.4, -0.2) is 101 Å². The van der Waals surface area contributed by atoms with Crippen LogP contribution in [0.4, 0.5) is 0 Å². The van der Waals surface area contributed by atoms with Gasteiger partial charge in [-0.1, -0.05) is 299 Å². The molecule has 702 valence electrons. The predicted molar refractivity (Wildman–Crippen MR) is 535 cm³/mol. The number of esters is 1. The highest BCUT2D eigenvalue weighted by Gasteiger charge is 2.32. The van der Waals surface area contributed by atoms with E-state index in [1.807, 2.05) is 0 Å². The molecule has 4 aromatic carbocycles. The standard InChI is InChI=1S/C112H162N4O12/c1-11-20-29-46-71-120-100-80-88(81-101(121-72-47-30-21-12-2)110(100)126-77-52-35-26-17-7)107-94-63-61-92(113-94)106(87-57-59-91(60-58-87)119-70-56-45-43-41-39-38-40-42-44-55-69-118-86(10)117)93-62-64-95(114-93)108(89-82-102(122-73-48-31-22-13-3)111(127-78-53-36-27-18-8)103(83-89)123-74-49-32-23-14-4)97-66-68-99(116-97)109(98-67-65-96(107)115-98)90-84-104(124-75-50-33-24-15-5)112(128-79-54-37-28-19-9)105(85-90)125-76-51-34-25-16-6/h57-68,80-85H,11-56,69-79H2,1-10H3. The summed E-state index contributed by atoms with van der Waals surface area (Å²) in [7, 11) is 0. The van der Waals surface area contributed by atoms with Gasteiger partial charge in [-0.05, 0) is 190 Å². The molecular weight excluding hydrogens is 1590 g/mol. The van der Waals surface area contributed by atoms with Gasteiger partial charge in [-0.25, -0.2) is 20.0 Å². The molecule has 4 aromatic rings. The van der Waals surface area contributed by atoms with Crippen LogP contribution in [0.5, 0.6) is 57.5 Å². The second-order valence-corrected chi connectivity index (χ2v) is 35.2. The molecule has 5 aliphatic heterocycles. The lowest BCUT2D eigenvalue weighted by molar-refractivity contribution is -0.141. The minimum Gasteiger partial charge on any atom is -0.494 e. The van der Waals surface area contributed by atoms with Gasteiger partial charge >= 0.3 is 5.97 Å². The highest BCUT2D eigenvalue weighted by molar-refractivity contribution is 6.40. The fraction of sp³-hybridized carbons (Fsp3) is 0.598. The number of rotatable bonds is 72. The largest absolute Gasteiger partial charge is 0.494 e. The highest BCUT2D eigenvalue weighted by Crippen LogP contribution is 2.49. The number of carbonyl (C=O) groups is 1. The Labute approximate surface area is 772 Å². The average molecular weight is 1760 g/mol. The van der Waals surface area contributed by atoms with E-state index in [1.54, 1.807) is 0 Å². The highest BCUT2D eigenvalue weighted by atomic mass is 16.6. The second kappa shape index (κ2) is 61.5. The van der Waals surface area contributed by atoms with E-state index in [1.165, 1.54) is 45.4 Å². The maximum Gasteiger partial charge on any atom is 0.302 e. The van der Waals surface area contributed by atoms with E-state index in [-0.39, 0.29) is 5.97 Å². The van der Waals surface area contributed by atoms with Crippen LogP contribution in [0.1, 0.15) is 387 Å². The first-order valence-electron chi connectivity index (χ1n) is 51.2. The fourth-order valence-corrected chi connectivity index (χ4v) is 16.6. The van der Waals surface area contributed by atoms with E-state index in [0.29, 0.717) is 159 Å². The second-order valence-electron chi connectivity index (χ2n) is 35.2. The third-order valence-electron chi connectivity index (χ3n) is 24.1. The maximum atomic E-state index is 11.2. The Kier molecular flexibility index (Phi) is 49.3. The summed E-state index contributed by atoms with van der Waals surface area (Å²) in [5.41, 5.74) is 12.3. The maximum absolute atomic E-state index is 11.2. The van der Waals surface area contributed by atoms with Crippen LogP contribution in [-0.2, 0) is 9.53 Å². The quantitative estimate of drug-likeness (QED) is 0.0303. The van der Waals surface area contributed by atoms with Gasteiger partial charge in [0.15, 0.2) is 34.5 Å². The Morgan fingerprint density at radius 1 is 0.219 bits per heavy atom. The average Bonchev–Trinajstić information content (AvgIpc) is 1.59.